The lowest BCUT2D eigenvalue weighted by molar-refractivity contribution is -0.122. The number of benzene rings is 1. The average Bonchev–Trinajstić information content (AvgIpc) is 2.88. The molecule has 1 fully saturated rings. The zero-order valence-corrected chi connectivity index (χ0v) is 13.0. The quantitative estimate of drug-likeness (QED) is 0.831. The van der Waals surface area contributed by atoms with Crippen LogP contribution in [0.1, 0.15) is 12.8 Å². The van der Waals surface area contributed by atoms with Gasteiger partial charge in [0.25, 0.3) is 0 Å². The zero-order valence-electron chi connectivity index (χ0n) is 11.5. The topological polar surface area (TPSA) is 75.8 Å². The second-order valence-corrected chi connectivity index (χ2v) is 5.94. The summed E-state index contributed by atoms with van der Waals surface area (Å²) in [5.41, 5.74) is 5.34. The molecule has 1 saturated heterocycles. The molecule has 2 atom stereocenters. The van der Waals surface area contributed by atoms with E-state index in [1.807, 2.05) is 4.90 Å². The number of aliphatic hydroxyl groups excluding tert-OH is 1. The molecular weight excluding hydrogens is 315 g/mol. The molecule has 2 rings (SSSR count). The molecule has 0 aromatic heterocycles. The van der Waals surface area contributed by atoms with Crippen LogP contribution in [0.15, 0.2) is 18.2 Å². The van der Waals surface area contributed by atoms with E-state index >= 15 is 0 Å². The lowest BCUT2D eigenvalue weighted by atomic mass is 10.2. The third kappa shape index (κ3) is 4.48. The molecule has 1 aliphatic rings. The Hall–Kier alpha value is -1.01. The number of primary amides is 1. The predicted octanol–water partition coefficient (Wildman–Crippen LogP) is 1.68. The molecule has 1 aromatic carbocycles. The average molecular weight is 333 g/mol. The van der Waals surface area contributed by atoms with Crippen molar-refractivity contribution in [2.75, 3.05) is 19.7 Å². The highest BCUT2D eigenvalue weighted by molar-refractivity contribution is 6.34. The van der Waals surface area contributed by atoms with Gasteiger partial charge in [-0.3, -0.25) is 9.69 Å². The summed E-state index contributed by atoms with van der Waals surface area (Å²) < 4.78 is 5.48. The van der Waals surface area contributed by atoms with E-state index in [0.29, 0.717) is 22.3 Å². The van der Waals surface area contributed by atoms with E-state index in [9.17, 15) is 9.90 Å². The van der Waals surface area contributed by atoms with Crippen LogP contribution in [0.2, 0.25) is 10.0 Å². The fourth-order valence-electron chi connectivity index (χ4n) is 2.46. The van der Waals surface area contributed by atoms with Gasteiger partial charge in [0.05, 0.1) is 11.1 Å². The van der Waals surface area contributed by atoms with Gasteiger partial charge in [-0.15, -0.1) is 0 Å². The maximum atomic E-state index is 11.3. The predicted molar refractivity (Wildman–Crippen MR) is 81.8 cm³/mol. The molecule has 7 heteroatoms. The Labute approximate surface area is 133 Å². The highest BCUT2D eigenvalue weighted by Gasteiger charge is 2.30. The summed E-state index contributed by atoms with van der Waals surface area (Å²) in [6.07, 6.45) is 0.907. The molecule has 1 aliphatic heterocycles. The molecule has 0 spiro atoms. The van der Waals surface area contributed by atoms with Gasteiger partial charge in [-0.05, 0) is 31.5 Å². The summed E-state index contributed by atoms with van der Waals surface area (Å²) in [5.74, 6) is 0.0783. The Kier molecular flexibility index (Phi) is 5.70. The maximum absolute atomic E-state index is 11.3. The van der Waals surface area contributed by atoms with E-state index in [-0.39, 0.29) is 18.6 Å². The van der Waals surface area contributed by atoms with Crippen LogP contribution in [0.25, 0.3) is 0 Å². The number of halogens is 2. The molecular formula is C14H18Cl2N2O3. The first-order chi connectivity index (χ1) is 9.97. The lowest BCUT2D eigenvalue weighted by Crippen LogP contribution is -2.44. The van der Waals surface area contributed by atoms with E-state index < -0.39 is 6.10 Å². The Morgan fingerprint density at radius 1 is 1.52 bits per heavy atom. The zero-order chi connectivity index (χ0) is 15.4. The van der Waals surface area contributed by atoms with Crippen molar-refractivity contribution in [2.45, 2.75) is 25.0 Å². The van der Waals surface area contributed by atoms with Crippen LogP contribution >= 0.6 is 23.2 Å². The van der Waals surface area contributed by atoms with E-state index in [1.54, 1.807) is 18.2 Å². The summed E-state index contributed by atoms with van der Waals surface area (Å²) in [6, 6.07) is 4.59. The number of amides is 1. The first-order valence-electron chi connectivity index (χ1n) is 6.76. The molecule has 0 bridgehead atoms. The molecule has 3 N–H and O–H groups in total. The fourth-order valence-corrected chi connectivity index (χ4v) is 2.80. The summed E-state index contributed by atoms with van der Waals surface area (Å²) in [4.78, 5) is 13.2. The monoisotopic (exact) mass is 332 g/mol. The number of ether oxygens (including phenoxy) is 1. The number of β-amino-alcohol motifs (C(OH)–C–C–N with tert-alkyl or cyclic N) is 1. The number of rotatable bonds is 6. The molecule has 1 amide bonds. The number of nitrogens with zero attached hydrogens (tertiary/aromatic N) is 1. The Morgan fingerprint density at radius 2 is 2.29 bits per heavy atom. The minimum absolute atomic E-state index is 0.0715. The summed E-state index contributed by atoms with van der Waals surface area (Å²) >= 11 is 11.8. The summed E-state index contributed by atoms with van der Waals surface area (Å²) in [7, 11) is 0. The van der Waals surface area contributed by atoms with Gasteiger partial charge in [0.2, 0.25) is 5.91 Å². The van der Waals surface area contributed by atoms with Crippen molar-refractivity contribution < 1.29 is 14.6 Å². The van der Waals surface area contributed by atoms with Gasteiger partial charge in [0.1, 0.15) is 18.5 Å². The molecule has 0 saturated carbocycles. The second kappa shape index (κ2) is 7.31. The maximum Gasteiger partial charge on any atom is 0.234 e. The Morgan fingerprint density at radius 3 is 3.00 bits per heavy atom. The SMILES string of the molecule is NC(=O)C1CCCN1CC(O)COc1cc(Cl)ccc1Cl. The second-order valence-electron chi connectivity index (χ2n) is 5.09. The van der Waals surface area contributed by atoms with Crippen LogP contribution in [0, 0.1) is 0 Å². The van der Waals surface area contributed by atoms with Gasteiger partial charge in [-0.1, -0.05) is 23.2 Å². The fraction of sp³-hybridized carbons (Fsp3) is 0.500. The molecule has 2 unspecified atom stereocenters. The lowest BCUT2D eigenvalue weighted by Gasteiger charge is -2.24. The summed E-state index contributed by atoms with van der Waals surface area (Å²) in [5, 5.41) is 11.0. The van der Waals surface area contributed by atoms with Gasteiger partial charge >= 0.3 is 0 Å². The van der Waals surface area contributed by atoms with E-state index in [4.69, 9.17) is 33.7 Å². The van der Waals surface area contributed by atoms with Crippen LogP contribution in [-0.4, -0.2) is 47.8 Å². The standard InChI is InChI=1S/C14H18Cl2N2O3/c15-9-3-4-11(16)13(6-9)21-8-10(19)7-18-5-1-2-12(18)14(17)20/h3-4,6,10,12,19H,1-2,5,7-8H2,(H2,17,20). The Balaban J connectivity index is 1.86. The van der Waals surface area contributed by atoms with Crippen molar-refractivity contribution in [1.82, 2.24) is 4.90 Å². The number of likely N-dealkylation sites (tertiary alicyclic amines) is 1. The van der Waals surface area contributed by atoms with Crippen LogP contribution < -0.4 is 10.5 Å². The normalized spacial score (nSPS) is 20.4. The molecule has 21 heavy (non-hydrogen) atoms. The molecule has 116 valence electrons. The van der Waals surface area contributed by atoms with Crippen molar-refractivity contribution >= 4 is 29.1 Å². The van der Waals surface area contributed by atoms with Gasteiger partial charge in [0, 0.05) is 17.6 Å². The molecule has 0 radical (unpaired) electrons. The minimum Gasteiger partial charge on any atom is -0.489 e. The van der Waals surface area contributed by atoms with Crippen molar-refractivity contribution in [2.24, 2.45) is 5.73 Å². The smallest absolute Gasteiger partial charge is 0.234 e. The highest BCUT2D eigenvalue weighted by Crippen LogP contribution is 2.27. The van der Waals surface area contributed by atoms with Crippen molar-refractivity contribution in [3.8, 4) is 5.75 Å². The Bertz CT molecular complexity index is 513. The van der Waals surface area contributed by atoms with Crippen molar-refractivity contribution in [3.05, 3.63) is 28.2 Å². The van der Waals surface area contributed by atoms with Gasteiger partial charge in [-0.2, -0.15) is 0 Å². The van der Waals surface area contributed by atoms with Gasteiger partial charge in [-0.25, -0.2) is 0 Å². The van der Waals surface area contributed by atoms with Crippen LogP contribution in [0.3, 0.4) is 0 Å². The van der Waals surface area contributed by atoms with Gasteiger partial charge in [0.15, 0.2) is 0 Å². The molecule has 0 aliphatic carbocycles. The highest BCUT2D eigenvalue weighted by atomic mass is 35.5. The largest absolute Gasteiger partial charge is 0.489 e. The third-order valence-electron chi connectivity index (χ3n) is 3.46. The number of hydrogen-bond acceptors (Lipinski definition) is 4. The molecule has 5 nitrogen and oxygen atoms in total. The number of nitrogens with two attached hydrogens (primary N) is 1. The molecule has 1 aromatic rings. The summed E-state index contributed by atoms with van der Waals surface area (Å²) in [6.45, 7) is 1.16. The van der Waals surface area contributed by atoms with Gasteiger partial charge < -0.3 is 15.6 Å². The van der Waals surface area contributed by atoms with Crippen LogP contribution in [0.4, 0.5) is 0 Å². The first kappa shape index (κ1) is 16.4. The van der Waals surface area contributed by atoms with E-state index in [2.05, 4.69) is 0 Å². The van der Waals surface area contributed by atoms with Crippen LogP contribution in [0.5, 0.6) is 5.75 Å². The van der Waals surface area contributed by atoms with Crippen molar-refractivity contribution in [3.63, 3.8) is 0 Å². The van der Waals surface area contributed by atoms with E-state index in [1.165, 1.54) is 0 Å². The minimum atomic E-state index is -0.736. The number of carbonyl (C=O) groups is 1. The van der Waals surface area contributed by atoms with E-state index in [0.717, 1.165) is 19.4 Å². The number of hydrogen-bond donors (Lipinski definition) is 2. The molecule has 1 heterocycles. The van der Waals surface area contributed by atoms with Crippen molar-refractivity contribution in [1.29, 1.82) is 0 Å². The third-order valence-corrected chi connectivity index (χ3v) is 4.01. The number of aliphatic hydroxyl groups is 1. The number of carbonyl (C=O) groups excluding carboxylic acids is 1. The first-order valence-corrected chi connectivity index (χ1v) is 7.52. The van der Waals surface area contributed by atoms with Crippen LogP contribution in [-0.2, 0) is 4.79 Å².